The molecule has 4 rings (SSSR count). The first-order valence-corrected chi connectivity index (χ1v) is 14.8. The number of nitrogens with one attached hydrogen (secondary N) is 1. The van der Waals surface area contributed by atoms with Crippen LogP contribution in [0.25, 0.3) is 22.5 Å². The number of nitrogens with zero attached hydrogens (tertiary/aromatic N) is 3. The highest BCUT2D eigenvalue weighted by Crippen LogP contribution is 2.24. The molecule has 0 bridgehead atoms. The number of aliphatic carboxylic acids is 1. The maximum atomic E-state index is 12.7. The molecule has 0 saturated carbocycles. The molecule has 8 nitrogen and oxygen atoms in total. The van der Waals surface area contributed by atoms with Crippen molar-refractivity contribution in [1.82, 2.24) is 15.3 Å². The quantitative estimate of drug-likeness (QED) is 0.152. The topological polar surface area (TPSA) is 105 Å². The molecule has 1 aromatic heterocycles. The van der Waals surface area contributed by atoms with E-state index in [1.165, 1.54) is 25.7 Å². The maximum Gasteiger partial charge on any atom is 0.326 e. The van der Waals surface area contributed by atoms with Gasteiger partial charge in [-0.15, -0.1) is 0 Å². The fourth-order valence-corrected chi connectivity index (χ4v) is 4.64. The smallest absolute Gasteiger partial charge is 0.326 e. The highest BCUT2D eigenvalue weighted by Gasteiger charge is 2.21. The SMILES string of the molecule is CCCCCCCOc1ccc(-c2cnc(-c3ccc(C[C@H](NC(=O)c4ccc(N(C)C)cc4)C(=O)O)cc3)nc2)cc1. The normalized spacial score (nSPS) is 11.5. The number of ether oxygens (including phenoxy) is 1. The molecule has 1 amide bonds. The van der Waals surface area contributed by atoms with E-state index in [-0.39, 0.29) is 6.42 Å². The van der Waals surface area contributed by atoms with Crippen molar-refractivity contribution in [2.45, 2.75) is 51.5 Å². The third-order valence-electron chi connectivity index (χ3n) is 7.26. The molecular weight excluding hydrogens is 540 g/mol. The predicted octanol–water partition coefficient (Wildman–Crippen LogP) is 6.65. The van der Waals surface area contributed by atoms with Crippen molar-refractivity contribution < 1.29 is 19.4 Å². The number of rotatable bonds is 15. The average molecular weight is 581 g/mol. The van der Waals surface area contributed by atoms with E-state index in [9.17, 15) is 14.7 Å². The largest absolute Gasteiger partial charge is 0.494 e. The first-order chi connectivity index (χ1) is 20.8. The van der Waals surface area contributed by atoms with Gasteiger partial charge in [-0.25, -0.2) is 14.8 Å². The van der Waals surface area contributed by atoms with Crippen LogP contribution in [0.4, 0.5) is 5.69 Å². The molecule has 224 valence electrons. The van der Waals surface area contributed by atoms with Gasteiger partial charge < -0.3 is 20.1 Å². The summed E-state index contributed by atoms with van der Waals surface area (Å²) in [7, 11) is 3.82. The molecule has 0 fully saturated rings. The molecule has 1 heterocycles. The van der Waals surface area contributed by atoms with Gasteiger partial charge in [0.25, 0.3) is 5.91 Å². The number of aromatic nitrogens is 2. The van der Waals surface area contributed by atoms with Crippen LogP contribution in [-0.2, 0) is 11.2 Å². The second kappa shape index (κ2) is 15.5. The van der Waals surface area contributed by atoms with E-state index in [2.05, 4.69) is 22.2 Å². The Morgan fingerprint density at radius 1 is 0.814 bits per heavy atom. The third-order valence-corrected chi connectivity index (χ3v) is 7.26. The van der Waals surface area contributed by atoms with Crippen LogP contribution in [0.1, 0.15) is 54.9 Å². The first kappa shape index (κ1) is 31.2. The van der Waals surface area contributed by atoms with Crippen LogP contribution in [0.5, 0.6) is 5.75 Å². The molecule has 0 unspecified atom stereocenters. The summed E-state index contributed by atoms with van der Waals surface area (Å²) in [5.74, 6) is -0.0890. The van der Waals surface area contributed by atoms with Crippen LogP contribution in [0, 0.1) is 0 Å². The van der Waals surface area contributed by atoms with Crippen molar-refractivity contribution >= 4 is 17.6 Å². The van der Waals surface area contributed by atoms with Crippen molar-refractivity contribution in [2.24, 2.45) is 0 Å². The molecule has 0 saturated heterocycles. The standard InChI is InChI=1S/C35H40N4O4/c1-4-5-6-7-8-21-43-31-19-15-26(16-20-31)29-23-36-33(37-24-29)27-11-9-25(10-12-27)22-32(35(41)42)38-34(40)28-13-17-30(18-14-28)39(2)3/h9-20,23-24,32H,4-8,21-22H2,1-3H3,(H,38,40)(H,41,42)/t32-/m0/s1. The molecule has 0 aliphatic rings. The van der Waals surface area contributed by atoms with Gasteiger partial charge >= 0.3 is 5.97 Å². The van der Waals surface area contributed by atoms with E-state index in [0.717, 1.165) is 46.7 Å². The third kappa shape index (κ3) is 9.13. The van der Waals surface area contributed by atoms with Crippen LogP contribution in [0.15, 0.2) is 85.2 Å². The van der Waals surface area contributed by atoms with Gasteiger partial charge in [0.05, 0.1) is 6.61 Å². The monoisotopic (exact) mass is 580 g/mol. The molecule has 2 N–H and O–H groups in total. The van der Waals surface area contributed by atoms with Gasteiger partial charge in [0.2, 0.25) is 0 Å². The lowest BCUT2D eigenvalue weighted by Gasteiger charge is -2.16. The Bertz CT molecular complexity index is 1450. The van der Waals surface area contributed by atoms with E-state index in [0.29, 0.717) is 11.4 Å². The zero-order chi connectivity index (χ0) is 30.6. The molecule has 43 heavy (non-hydrogen) atoms. The number of unbranched alkanes of at least 4 members (excludes halogenated alkanes) is 4. The molecule has 4 aromatic rings. The van der Waals surface area contributed by atoms with E-state index in [4.69, 9.17) is 4.74 Å². The van der Waals surface area contributed by atoms with Gasteiger partial charge in [0.1, 0.15) is 11.8 Å². The Kier molecular flexibility index (Phi) is 11.2. The van der Waals surface area contributed by atoms with Gasteiger partial charge in [0.15, 0.2) is 5.82 Å². The summed E-state index contributed by atoms with van der Waals surface area (Å²) in [4.78, 5) is 35.6. The minimum atomic E-state index is -1.09. The fraction of sp³-hybridized carbons (Fsp3) is 0.314. The number of amides is 1. The summed E-state index contributed by atoms with van der Waals surface area (Å²) in [5.41, 5.74) is 4.86. The van der Waals surface area contributed by atoms with E-state index in [1.54, 1.807) is 24.5 Å². The van der Waals surface area contributed by atoms with Crippen LogP contribution in [0.2, 0.25) is 0 Å². The average Bonchev–Trinajstić information content (AvgIpc) is 3.03. The van der Waals surface area contributed by atoms with Crippen molar-refractivity contribution in [3.8, 4) is 28.3 Å². The van der Waals surface area contributed by atoms with Crippen molar-refractivity contribution in [2.75, 3.05) is 25.6 Å². The molecule has 0 spiro atoms. The highest BCUT2D eigenvalue weighted by molar-refractivity contribution is 5.97. The van der Waals surface area contributed by atoms with Gasteiger partial charge in [-0.1, -0.05) is 69.0 Å². The maximum absolute atomic E-state index is 12.7. The Labute approximate surface area is 253 Å². The van der Waals surface area contributed by atoms with E-state index in [1.807, 2.05) is 79.7 Å². The molecule has 3 aromatic carbocycles. The summed E-state index contributed by atoms with van der Waals surface area (Å²) < 4.78 is 5.86. The molecule has 0 radical (unpaired) electrons. The predicted molar refractivity (Wildman–Crippen MR) is 171 cm³/mol. The summed E-state index contributed by atoms with van der Waals surface area (Å²) in [5, 5.41) is 12.4. The number of benzene rings is 3. The molecule has 1 atom stereocenters. The molecule has 0 aliphatic heterocycles. The van der Waals surface area contributed by atoms with Gasteiger partial charge in [-0.05, 0) is 53.9 Å². The fourth-order valence-electron chi connectivity index (χ4n) is 4.64. The Hall–Kier alpha value is -4.72. The number of carbonyl (C=O) groups excluding carboxylic acids is 1. The lowest BCUT2D eigenvalue weighted by molar-refractivity contribution is -0.139. The minimum absolute atomic E-state index is 0.148. The zero-order valence-corrected chi connectivity index (χ0v) is 25.1. The number of hydrogen-bond donors (Lipinski definition) is 2. The summed E-state index contributed by atoms with van der Waals surface area (Å²) in [6, 6.07) is 21.3. The number of carboxylic acid groups (broad SMARTS) is 1. The van der Waals surface area contributed by atoms with Crippen molar-refractivity contribution in [3.05, 3.63) is 96.3 Å². The summed E-state index contributed by atoms with van der Waals surface area (Å²) >= 11 is 0. The van der Waals surface area contributed by atoms with Crippen LogP contribution in [-0.4, -0.2) is 53.7 Å². The molecule has 0 aliphatic carbocycles. The van der Waals surface area contributed by atoms with Crippen LogP contribution >= 0.6 is 0 Å². The molecular formula is C35H40N4O4. The van der Waals surface area contributed by atoms with Gasteiger partial charge in [-0.2, -0.15) is 0 Å². The number of anilines is 1. The second-order valence-corrected chi connectivity index (χ2v) is 10.8. The highest BCUT2D eigenvalue weighted by atomic mass is 16.5. The van der Waals surface area contributed by atoms with Gasteiger partial charge in [0, 0.05) is 55.3 Å². The van der Waals surface area contributed by atoms with Crippen LogP contribution in [0.3, 0.4) is 0 Å². The Morgan fingerprint density at radius 3 is 2.05 bits per heavy atom. The minimum Gasteiger partial charge on any atom is -0.494 e. The molecule has 8 heteroatoms. The Morgan fingerprint density at radius 2 is 1.44 bits per heavy atom. The Balaban J connectivity index is 1.32. The van der Waals surface area contributed by atoms with Crippen molar-refractivity contribution in [1.29, 1.82) is 0 Å². The zero-order valence-electron chi connectivity index (χ0n) is 25.1. The number of carboxylic acids is 1. The van der Waals surface area contributed by atoms with E-state index < -0.39 is 17.9 Å². The number of hydrogen-bond acceptors (Lipinski definition) is 6. The lowest BCUT2D eigenvalue weighted by atomic mass is 10.0. The van der Waals surface area contributed by atoms with E-state index >= 15 is 0 Å². The lowest BCUT2D eigenvalue weighted by Crippen LogP contribution is -2.42. The van der Waals surface area contributed by atoms with Crippen molar-refractivity contribution in [3.63, 3.8) is 0 Å². The van der Waals surface area contributed by atoms with Gasteiger partial charge in [-0.3, -0.25) is 4.79 Å². The second-order valence-electron chi connectivity index (χ2n) is 10.8. The number of carbonyl (C=O) groups is 2. The summed E-state index contributed by atoms with van der Waals surface area (Å²) in [6.07, 6.45) is 9.79. The van der Waals surface area contributed by atoms with Crippen LogP contribution < -0.4 is 15.0 Å². The summed E-state index contributed by atoms with van der Waals surface area (Å²) in [6.45, 7) is 2.95. The first-order valence-electron chi connectivity index (χ1n) is 14.8.